The van der Waals surface area contributed by atoms with Gasteiger partial charge in [-0.05, 0) is 12.5 Å². The molecule has 0 amide bonds. The molecule has 1 aromatic carbocycles. The van der Waals surface area contributed by atoms with Crippen LogP contribution in [0.2, 0.25) is 0 Å². The number of rotatable bonds is 5. The third-order valence-corrected chi connectivity index (χ3v) is 3.01. The highest BCUT2D eigenvalue weighted by atomic mass is 16.6. The molecule has 0 heterocycles. The van der Waals surface area contributed by atoms with Gasteiger partial charge in [0.1, 0.15) is 5.75 Å². The maximum Gasteiger partial charge on any atom is 0.306 e. The highest BCUT2D eigenvalue weighted by molar-refractivity contribution is 6.30. The Labute approximate surface area is 116 Å². The lowest BCUT2D eigenvalue weighted by Gasteiger charge is -2.09. The number of benzene rings is 1. The van der Waals surface area contributed by atoms with Crippen LogP contribution in [0.4, 0.5) is 0 Å². The second kappa shape index (κ2) is 5.86. The van der Waals surface area contributed by atoms with Crippen molar-refractivity contribution in [1.82, 2.24) is 0 Å². The van der Waals surface area contributed by atoms with Crippen LogP contribution >= 0.6 is 0 Å². The topological polar surface area (TPSA) is 69.7 Å². The van der Waals surface area contributed by atoms with E-state index >= 15 is 0 Å². The Balaban J connectivity index is 2.33. The van der Waals surface area contributed by atoms with Gasteiger partial charge in [-0.25, -0.2) is 0 Å². The van der Waals surface area contributed by atoms with Gasteiger partial charge in [0.2, 0.25) is 17.7 Å². The smallest absolute Gasteiger partial charge is 0.306 e. The summed E-state index contributed by atoms with van der Waals surface area (Å²) in [6, 6.07) is 4.84. The lowest BCUT2D eigenvalue weighted by Crippen LogP contribution is -2.28. The minimum absolute atomic E-state index is 0.118. The highest BCUT2D eigenvalue weighted by Crippen LogP contribution is 2.32. The molecular formula is C15H16O5. The first kappa shape index (κ1) is 14.2. The highest BCUT2D eigenvalue weighted by Gasteiger charge is 2.43. The van der Waals surface area contributed by atoms with Gasteiger partial charge in [0.25, 0.3) is 0 Å². The SMILES string of the molecule is CCCOc1cccc2c1C(=O)C(OC(=O)CC)C2=O. The van der Waals surface area contributed by atoms with Crippen LogP contribution in [0.5, 0.6) is 5.75 Å². The van der Waals surface area contributed by atoms with Gasteiger partial charge < -0.3 is 9.47 Å². The van der Waals surface area contributed by atoms with E-state index in [1.54, 1.807) is 25.1 Å². The summed E-state index contributed by atoms with van der Waals surface area (Å²) in [4.78, 5) is 35.7. The molecule has 1 aliphatic rings. The van der Waals surface area contributed by atoms with E-state index in [4.69, 9.17) is 9.47 Å². The maximum absolute atomic E-state index is 12.3. The number of ether oxygens (including phenoxy) is 2. The minimum atomic E-state index is -1.36. The van der Waals surface area contributed by atoms with Gasteiger partial charge >= 0.3 is 5.97 Å². The van der Waals surface area contributed by atoms with Crippen molar-refractivity contribution >= 4 is 17.5 Å². The van der Waals surface area contributed by atoms with Gasteiger partial charge in [0, 0.05) is 12.0 Å². The number of hydrogen-bond acceptors (Lipinski definition) is 5. The summed E-state index contributed by atoms with van der Waals surface area (Å²) in [6.07, 6.45) is -0.448. The van der Waals surface area contributed by atoms with Crippen molar-refractivity contribution in [3.05, 3.63) is 29.3 Å². The van der Waals surface area contributed by atoms with Crippen molar-refractivity contribution in [1.29, 1.82) is 0 Å². The molecule has 0 spiro atoms. The Morgan fingerprint density at radius 1 is 1.20 bits per heavy atom. The zero-order valence-corrected chi connectivity index (χ0v) is 11.5. The van der Waals surface area contributed by atoms with E-state index in [1.807, 2.05) is 6.92 Å². The van der Waals surface area contributed by atoms with Crippen LogP contribution < -0.4 is 4.74 Å². The molecule has 0 aromatic heterocycles. The standard InChI is InChI=1S/C15H16O5/c1-3-8-19-10-7-5-6-9-12(10)14(18)15(13(9)17)20-11(16)4-2/h5-7,15H,3-4,8H2,1-2H3. The van der Waals surface area contributed by atoms with Gasteiger partial charge in [-0.2, -0.15) is 0 Å². The van der Waals surface area contributed by atoms with Gasteiger partial charge in [-0.1, -0.05) is 26.0 Å². The molecule has 1 atom stereocenters. The van der Waals surface area contributed by atoms with Crippen LogP contribution in [0.15, 0.2) is 18.2 Å². The van der Waals surface area contributed by atoms with E-state index in [0.717, 1.165) is 6.42 Å². The molecule has 106 valence electrons. The fourth-order valence-corrected chi connectivity index (χ4v) is 2.04. The van der Waals surface area contributed by atoms with Gasteiger partial charge in [-0.15, -0.1) is 0 Å². The number of carbonyl (C=O) groups excluding carboxylic acids is 3. The van der Waals surface area contributed by atoms with Crippen molar-refractivity contribution in [3.8, 4) is 5.75 Å². The zero-order valence-electron chi connectivity index (χ0n) is 11.5. The van der Waals surface area contributed by atoms with Crippen LogP contribution in [0.1, 0.15) is 47.4 Å². The molecule has 1 aromatic rings. The first-order chi connectivity index (χ1) is 9.60. The van der Waals surface area contributed by atoms with Gasteiger partial charge in [-0.3, -0.25) is 14.4 Å². The number of fused-ring (bicyclic) bond motifs is 1. The largest absolute Gasteiger partial charge is 0.493 e. The molecule has 5 nitrogen and oxygen atoms in total. The molecule has 0 aliphatic heterocycles. The van der Waals surface area contributed by atoms with E-state index in [9.17, 15) is 14.4 Å². The first-order valence-corrected chi connectivity index (χ1v) is 6.63. The molecule has 20 heavy (non-hydrogen) atoms. The van der Waals surface area contributed by atoms with Crippen molar-refractivity contribution in [2.75, 3.05) is 6.61 Å². The predicted molar refractivity (Wildman–Crippen MR) is 71.1 cm³/mol. The maximum atomic E-state index is 12.3. The van der Waals surface area contributed by atoms with E-state index in [2.05, 4.69) is 0 Å². The average molecular weight is 276 g/mol. The summed E-state index contributed by atoms with van der Waals surface area (Å²) in [6.45, 7) is 4.01. The van der Waals surface area contributed by atoms with E-state index < -0.39 is 23.6 Å². The number of hydrogen-bond donors (Lipinski definition) is 0. The van der Waals surface area contributed by atoms with E-state index in [-0.39, 0.29) is 17.5 Å². The lowest BCUT2D eigenvalue weighted by molar-refractivity contribution is -0.144. The van der Waals surface area contributed by atoms with Crippen LogP contribution in [0.3, 0.4) is 0 Å². The monoisotopic (exact) mass is 276 g/mol. The summed E-state index contributed by atoms with van der Waals surface area (Å²) < 4.78 is 10.4. The summed E-state index contributed by atoms with van der Waals surface area (Å²) in [5.74, 6) is -1.18. The Bertz CT molecular complexity index is 561. The molecule has 0 N–H and O–H groups in total. The Morgan fingerprint density at radius 3 is 2.60 bits per heavy atom. The third kappa shape index (κ3) is 2.43. The molecule has 1 aliphatic carbocycles. The number of Topliss-reactive ketones (excluding diaryl/α,β-unsaturated/α-hetero) is 2. The van der Waals surface area contributed by atoms with Crippen molar-refractivity contribution < 1.29 is 23.9 Å². The predicted octanol–water partition coefficient (Wildman–Crippen LogP) is 2.18. The molecule has 0 saturated heterocycles. The molecule has 5 heteroatoms. The van der Waals surface area contributed by atoms with Crippen LogP contribution in [-0.2, 0) is 9.53 Å². The van der Waals surface area contributed by atoms with Crippen molar-refractivity contribution in [3.63, 3.8) is 0 Å². The second-order valence-electron chi connectivity index (χ2n) is 4.48. The molecule has 0 bridgehead atoms. The molecule has 0 radical (unpaired) electrons. The normalized spacial score (nSPS) is 17.0. The number of esters is 1. The summed E-state index contributed by atoms with van der Waals surface area (Å²) >= 11 is 0. The summed E-state index contributed by atoms with van der Waals surface area (Å²) in [7, 11) is 0. The van der Waals surface area contributed by atoms with Crippen LogP contribution in [-0.4, -0.2) is 30.2 Å². The quantitative estimate of drug-likeness (QED) is 0.609. The fraction of sp³-hybridized carbons (Fsp3) is 0.400. The van der Waals surface area contributed by atoms with E-state index in [1.165, 1.54) is 0 Å². The lowest BCUT2D eigenvalue weighted by atomic mass is 10.1. The number of ketones is 2. The summed E-state index contributed by atoms with van der Waals surface area (Å²) in [5, 5.41) is 0. The Hall–Kier alpha value is -2.17. The zero-order chi connectivity index (χ0) is 14.7. The minimum Gasteiger partial charge on any atom is -0.493 e. The average Bonchev–Trinajstić information content (AvgIpc) is 2.70. The molecule has 0 saturated carbocycles. The number of carbonyl (C=O) groups is 3. The molecular weight excluding hydrogens is 260 g/mol. The van der Waals surface area contributed by atoms with Gasteiger partial charge in [0.15, 0.2) is 0 Å². The first-order valence-electron chi connectivity index (χ1n) is 6.63. The van der Waals surface area contributed by atoms with Crippen molar-refractivity contribution in [2.45, 2.75) is 32.8 Å². The second-order valence-corrected chi connectivity index (χ2v) is 4.48. The molecule has 1 unspecified atom stereocenters. The molecule has 0 fully saturated rings. The van der Waals surface area contributed by atoms with Gasteiger partial charge in [0.05, 0.1) is 12.2 Å². The summed E-state index contributed by atoms with van der Waals surface area (Å²) in [5.41, 5.74) is 0.484. The third-order valence-electron chi connectivity index (χ3n) is 3.01. The Morgan fingerprint density at radius 2 is 1.95 bits per heavy atom. The molecule has 2 rings (SSSR count). The van der Waals surface area contributed by atoms with Crippen LogP contribution in [0, 0.1) is 0 Å². The van der Waals surface area contributed by atoms with E-state index in [0.29, 0.717) is 12.4 Å². The van der Waals surface area contributed by atoms with Crippen molar-refractivity contribution in [2.24, 2.45) is 0 Å². The fourth-order valence-electron chi connectivity index (χ4n) is 2.04. The Kier molecular flexibility index (Phi) is 4.17. The van der Waals surface area contributed by atoms with Crippen LogP contribution in [0.25, 0.3) is 0 Å².